The molecule has 5 heteroatoms. The molecule has 4 rings (SSSR count). The summed E-state index contributed by atoms with van der Waals surface area (Å²) in [6.07, 6.45) is 0. The number of ether oxygens (including phenoxy) is 2. The Labute approximate surface area is 170 Å². The standard InChI is InChI=1S/C24H25N3O2/c1-26(2)17-8-10-19-21(14-17)27(3)20-13-16(25)7-9-18(20)24(19)15-6-11-22(28-4)23(12-15)29-5/h6-14,25H,1-5H3/p+1. The van der Waals surface area contributed by atoms with Crippen LogP contribution in [0.4, 0.5) is 11.4 Å². The van der Waals surface area contributed by atoms with Crippen molar-refractivity contribution in [3.63, 3.8) is 0 Å². The van der Waals surface area contributed by atoms with Crippen LogP contribution in [-0.4, -0.2) is 28.3 Å². The Morgan fingerprint density at radius 2 is 1.45 bits per heavy atom. The number of methoxy groups -OCH3 is 2. The molecule has 0 unspecified atom stereocenters. The second-order valence-electron chi connectivity index (χ2n) is 7.38. The summed E-state index contributed by atoms with van der Waals surface area (Å²) in [7, 11) is 9.50. The lowest BCUT2D eigenvalue weighted by molar-refractivity contribution is -0.617. The predicted octanol–water partition coefficient (Wildman–Crippen LogP) is 4.15. The Hall–Kier alpha value is -3.47. The van der Waals surface area contributed by atoms with E-state index in [2.05, 4.69) is 60.9 Å². The van der Waals surface area contributed by atoms with Crippen LogP contribution in [0.2, 0.25) is 0 Å². The molecule has 148 valence electrons. The topological polar surface area (TPSA) is 51.6 Å². The zero-order valence-electron chi connectivity index (χ0n) is 17.5. The van der Waals surface area contributed by atoms with Crippen LogP contribution in [0.1, 0.15) is 0 Å². The van der Waals surface area contributed by atoms with Crippen LogP contribution in [0.15, 0.2) is 54.6 Å². The molecule has 1 aromatic heterocycles. The van der Waals surface area contributed by atoms with E-state index in [1.54, 1.807) is 14.2 Å². The van der Waals surface area contributed by atoms with Gasteiger partial charge >= 0.3 is 0 Å². The van der Waals surface area contributed by atoms with Crippen LogP contribution in [0, 0.1) is 0 Å². The fraction of sp³-hybridized carbons (Fsp3) is 0.208. The first kappa shape index (κ1) is 18.9. The lowest BCUT2D eigenvalue weighted by atomic mass is 9.95. The maximum atomic E-state index is 6.13. The third kappa shape index (κ3) is 3.09. The summed E-state index contributed by atoms with van der Waals surface area (Å²) in [4.78, 5) is 2.11. The summed E-state index contributed by atoms with van der Waals surface area (Å²) in [5, 5.41) is 2.31. The second-order valence-corrected chi connectivity index (χ2v) is 7.38. The Morgan fingerprint density at radius 3 is 2.10 bits per heavy atom. The normalized spacial score (nSPS) is 11.1. The van der Waals surface area contributed by atoms with Gasteiger partial charge in [-0.25, -0.2) is 0 Å². The van der Waals surface area contributed by atoms with E-state index in [9.17, 15) is 0 Å². The van der Waals surface area contributed by atoms with Crippen molar-refractivity contribution >= 4 is 33.2 Å². The van der Waals surface area contributed by atoms with Gasteiger partial charge in [-0.3, -0.25) is 0 Å². The lowest BCUT2D eigenvalue weighted by Crippen LogP contribution is -2.30. The molecule has 5 nitrogen and oxygen atoms in total. The zero-order valence-corrected chi connectivity index (χ0v) is 17.5. The van der Waals surface area contributed by atoms with Crippen LogP contribution in [0.25, 0.3) is 32.9 Å². The van der Waals surface area contributed by atoms with E-state index in [0.717, 1.165) is 38.9 Å². The summed E-state index contributed by atoms with van der Waals surface area (Å²) in [5.74, 6) is 1.42. The van der Waals surface area contributed by atoms with Gasteiger partial charge < -0.3 is 20.1 Å². The average molecular weight is 388 g/mol. The highest BCUT2D eigenvalue weighted by atomic mass is 16.5. The largest absolute Gasteiger partial charge is 0.493 e. The molecule has 4 aromatic rings. The monoisotopic (exact) mass is 388 g/mol. The van der Waals surface area contributed by atoms with Crippen LogP contribution >= 0.6 is 0 Å². The molecular formula is C24H26N3O2+. The smallest absolute Gasteiger partial charge is 0.215 e. The highest BCUT2D eigenvalue weighted by Crippen LogP contribution is 2.39. The van der Waals surface area contributed by atoms with Gasteiger partial charge in [0, 0.05) is 43.2 Å². The summed E-state index contributed by atoms with van der Waals surface area (Å²) in [5.41, 5.74) is 12.5. The van der Waals surface area contributed by atoms with Crippen molar-refractivity contribution in [2.75, 3.05) is 38.9 Å². The quantitative estimate of drug-likeness (QED) is 0.324. The van der Waals surface area contributed by atoms with Gasteiger partial charge in [0.05, 0.1) is 25.0 Å². The highest BCUT2D eigenvalue weighted by Gasteiger charge is 2.21. The van der Waals surface area contributed by atoms with Gasteiger partial charge in [0.1, 0.15) is 7.05 Å². The third-order valence-electron chi connectivity index (χ3n) is 5.45. The summed E-state index contributed by atoms with van der Waals surface area (Å²) in [6.45, 7) is 0. The van der Waals surface area contributed by atoms with Crippen molar-refractivity contribution in [1.29, 1.82) is 0 Å². The molecule has 0 spiro atoms. The molecule has 0 radical (unpaired) electrons. The molecular weight excluding hydrogens is 362 g/mol. The molecule has 1 heterocycles. The molecule has 0 aliphatic carbocycles. The number of fused-ring (bicyclic) bond motifs is 2. The SMILES string of the molecule is COc1ccc(-c2c3ccc(N)cc3[n+](C)c3cc(N(C)C)ccc23)cc1OC. The lowest BCUT2D eigenvalue weighted by Gasteiger charge is -2.16. The van der Waals surface area contributed by atoms with E-state index in [1.807, 2.05) is 24.3 Å². The third-order valence-corrected chi connectivity index (χ3v) is 5.45. The molecule has 0 amide bonds. The Morgan fingerprint density at radius 1 is 0.793 bits per heavy atom. The van der Waals surface area contributed by atoms with Gasteiger partial charge in [-0.1, -0.05) is 6.07 Å². The summed E-state index contributed by atoms with van der Waals surface area (Å²) >= 11 is 0. The maximum Gasteiger partial charge on any atom is 0.215 e. The minimum atomic E-state index is 0.708. The number of nitrogens with zero attached hydrogens (tertiary/aromatic N) is 2. The van der Waals surface area contributed by atoms with Crippen LogP contribution in [-0.2, 0) is 7.05 Å². The van der Waals surface area contributed by atoms with Crippen molar-refractivity contribution in [3.05, 3.63) is 54.6 Å². The molecule has 0 aliphatic rings. The molecule has 0 saturated carbocycles. The number of aryl methyl sites for hydroxylation is 1. The minimum Gasteiger partial charge on any atom is -0.493 e. The Kier molecular flexibility index (Phi) is 4.66. The molecule has 2 N–H and O–H groups in total. The number of nitrogens with two attached hydrogens (primary N) is 1. The van der Waals surface area contributed by atoms with Gasteiger partial charge in [-0.2, -0.15) is 4.57 Å². The fourth-order valence-electron chi connectivity index (χ4n) is 3.90. The Bertz CT molecular complexity index is 1230. The van der Waals surface area contributed by atoms with Crippen molar-refractivity contribution < 1.29 is 14.0 Å². The summed E-state index contributed by atoms with van der Waals surface area (Å²) in [6, 6.07) is 18.7. The number of pyridine rings is 1. The van der Waals surface area contributed by atoms with Crippen molar-refractivity contribution in [2.24, 2.45) is 7.05 Å². The van der Waals surface area contributed by atoms with E-state index in [0.29, 0.717) is 11.5 Å². The van der Waals surface area contributed by atoms with Gasteiger partial charge in [0.25, 0.3) is 0 Å². The zero-order chi connectivity index (χ0) is 20.7. The number of hydrogen-bond acceptors (Lipinski definition) is 4. The minimum absolute atomic E-state index is 0.708. The number of hydrogen-bond donors (Lipinski definition) is 1. The van der Waals surface area contributed by atoms with E-state index < -0.39 is 0 Å². The van der Waals surface area contributed by atoms with Crippen molar-refractivity contribution in [1.82, 2.24) is 0 Å². The van der Waals surface area contributed by atoms with E-state index in [1.165, 1.54) is 5.39 Å². The van der Waals surface area contributed by atoms with Crippen LogP contribution in [0.5, 0.6) is 11.5 Å². The highest BCUT2D eigenvalue weighted by molar-refractivity contribution is 6.08. The molecule has 0 saturated heterocycles. The molecule has 0 atom stereocenters. The Balaban J connectivity index is 2.15. The predicted molar refractivity (Wildman–Crippen MR) is 120 cm³/mol. The molecule has 29 heavy (non-hydrogen) atoms. The van der Waals surface area contributed by atoms with Crippen molar-refractivity contribution in [3.8, 4) is 22.6 Å². The average Bonchev–Trinajstić information content (AvgIpc) is 2.73. The van der Waals surface area contributed by atoms with Crippen LogP contribution in [0.3, 0.4) is 0 Å². The molecule has 0 fully saturated rings. The van der Waals surface area contributed by atoms with Gasteiger partial charge in [0.15, 0.2) is 11.5 Å². The van der Waals surface area contributed by atoms with Gasteiger partial charge in [0.2, 0.25) is 11.0 Å². The first-order valence-corrected chi connectivity index (χ1v) is 9.49. The molecule has 3 aromatic carbocycles. The number of nitrogen functional groups attached to an aromatic ring is 1. The fourth-order valence-corrected chi connectivity index (χ4v) is 3.90. The second kappa shape index (κ2) is 7.17. The van der Waals surface area contributed by atoms with E-state index >= 15 is 0 Å². The van der Waals surface area contributed by atoms with E-state index in [-0.39, 0.29) is 0 Å². The summed E-state index contributed by atoms with van der Waals surface area (Å²) < 4.78 is 13.2. The number of rotatable bonds is 4. The van der Waals surface area contributed by atoms with Crippen LogP contribution < -0.4 is 24.7 Å². The molecule has 0 bridgehead atoms. The first-order valence-electron chi connectivity index (χ1n) is 9.49. The maximum absolute atomic E-state index is 6.13. The number of benzene rings is 3. The van der Waals surface area contributed by atoms with Gasteiger partial charge in [-0.15, -0.1) is 0 Å². The first-order chi connectivity index (χ1) is 13.9. The molecule has 0 aliphatic heterocycles. The number of aromatic nitrogens is 1. The van der Waals surface area contributed by atoms with Crippen molar-refractivity contribution in [2.45, 2.75) is 0 Å². The van der Waals surface area contributed by atoms with Gasteiger partial charge in [-0.05, 0) is 42.0 Å². The number of anilines is 2. The van der Waals surface area contributed by atoms with E-state index in [4.69, 9.17) is 15.2 Å².